The summed E-state index contributed by atoms with van der Waals surface area (Å²) in [5.41, 5.74) is 1.90. The van der Waals surface area contributed by atoms with Gasteiger partial charge in [-0.15, -0.1) is 0 Å². The summed E-state index contributed by atoms with van der Waals surface area (Å²) in [7, 11) is 2.51. The summed E-state index contributed by atoms with van der Waals surface area (Å²) in [4.78, 5) is 39.0. The van der Waals surface area contributed by atoms with Gasteiger partial charge in [0.05, 0.1) is 31.4 Å². The van der Waals surface area contributed by atoms with Crippen LogP contribution in [0, 0.1) is 0 Å². The number of hydrogen-bond acceptors (Lipinski definition) is 7. The molecule has 1 aliphatic rings. The molecule has 1 fully saturated rings. The highest BCUT2D eigenvalue weighted by Crippen LogP contribution is 2.34. The number of benzene rings is 1. The van der Waals surface area contributed by atoms with Crippen molar-refractivity contribution >= 4 is 34.9 Å². The van der Waals surface area contributed by atoms with E-state index in [1.807, 2.05) is 12.3 Å². The van der Waals surface area contributed by atoms with Crippen LogP contribution in [0.1, 0.15) is 52.1 Å². The second kappa shape index (κ2) is 9.19. The molecule has 0 bridgehead atoms. The van der Waals surface area contributed by atoms with Gasteiger partial charge in [-0.3, -0.25) is 9.69 Å². The Morgan fingerprint density at radius 1 is 1.14 bits per heavy atom. The number of rotatable bonds is 6. The summed E-state index contributed by atoms with van der Waals surface area (Å²) in [5, 5.41) is 7.00. The minimum Gasteiger partial charge on any atom is -0.465 e. The van der Waals surface area contributed by atoms with Crippen molar-refractivity contribution in [3.05, 3.63) is 51.7 Å². The summed E-state index contributed by atoms with van der Waals surface area (Å²) < 4.78 is 9.48. The summed E-state index contributed by atoms with van der Waals surface area (Å²) >= 11 is 1.65. The molecule has 154 valence electrons. The molecule has 0 aliphatic carbocycles. The zero-order chi connectivity index (χ0) is 21.0. The average Bonchev–Trinajstić information content (AvgIpc) is 3.43. The largest absolute Gasteiger partial charge is 0.465 e. The number of carbonyl (C=O) groups excluding carboxylic acids is 3. The molecule has 0 radical (unpaired) electrons. The summed E-state index contributed by atoms with van der Waals surface area (Å²) in [6.45, 7) is 2.70. The molecule has 2 heterocycles. The van der Waals surface area contributed by atoms with Crippen LogP contribution in [0.2, 0.25) is 0 Å². The van der Waals surface area contributed by atoms with E-state index in [4.69, 9.17) is 9.47 Å². The lowest BCUT2D eigenvalue weighted by atomic mass is 10.1. The van der Waals surface area contributed by atoms with Gasteiger partial charge in [0, 0.05) is 11.7 Å². The van der Waals surface area contributed by atoms with E-state index >= 15 is 0 Å². The van der Waals surface area contributed by atoms with E-state index in [9.17, 15) is 14.4 Å². The van der Waals surface area contributed by atoms with E-state index in [0.717, 1.165) is 19.4 Å². The van der Waals surface area contributed by atoms with Crippen molar-refractivity contribution in [2.45, 2.75) is 31.8 Å². The minimum atomic E-state index is -0.601. The van der Waals surface area contributed by atoms with Gasteiger partial charge < -0.3 is 14.8 Å². The fourth-order valence-electron chi connectivity index (χ4n) is 3.64. The third kappa shape index (κ3) is 4.65. The molecule has 2 atom stereocenters. The Bertz CT molecular complexity index is 862. The van der Waals surface area contributed by atoms with Gasteiger partial charge in [-0.05, 0) is 66.9 Å². The Balaban J connectivity index is 1.80. The molecule has 3 rings (SSSR count). The highest BCUT2D eigenvalue weighted by atomic mass is 32.1. The normalized spacial score (nSPS) is 17.6. The number of methoxy groups -OCH3 is 2. The molecule has 1 saturated heterocycles. The van der Waals surface area contributed by atoms with Crippen LogP contribution in [0.4, 0.5) is 5.69 Å². The van der Waals surface area contributed by atoms with Gasteiger partial charge in [0.2, 0.25) is 5.91 Å². The highest BCUT2D eigenvalue weighted by molar-refractivity contribution is 7.08. The van der Waals surface area contributed by atoms with Gasteiger partial charge in [0.1, 0.15) is 0 Å². The third-order valence-corrected chi connectivity index (χ3v) is 5.84. The van der Waals surface area contributed by atoms with E-state index in [-0.39, 0.29) is 29.1 Å². The van der Waals surface area contributed by atoms with Crippen LogP contribution >= 0.6 is 11.3 Å². The summed E-state index contributed by atoms with van der Waals surface area (Å²) in [5.74, 6) is -1.40. The first-order chi connectivity index (χ1) is 13.9. The molecule has 1 aromatic carbocycles. The van der Waals surface area contributed by atoms with Gasteiger partial charge >= 0.3 is 11.9 Å². The Kier molecular flexibility index (Phi) is 6.66. The standard InChI is InChI=1S/C21H24N2O5S/c1-13(23-7-4-5-18(23)14-6-8-29-12-14)19(24)22-17-10-15(20(25)27-2)9-16(11-17)21(26)28-3/h6,8-13,18H,4-5,7H2,1-3H3,(H,22,24)/t13-,18-/m0/s1. The summed E-state index contributed by atoms with van der Waals surface area (Å²) in [6.07, 6.45) is 2.04. The van der Waals surface area contributed by atoms with E-state index in [1.165, 1.54) is 38.0 Å². The predicted molar refractivity (Wildman–Crippen MR) is 110 cm³/mol. The quantitative estimate of drug-likeness (QED) is 0.726. The van der Waals surface area contributed by atoms with Gasteiger partial charge in [0.25, 0.3) is 0 Å². The Labute approximate surface area is 173 Å². The maximum atomic E-state index is 12.9. The molecule has 1 amide bonds. The molecule has 1 aliphatic heterocycles. The first kappa shape index (κ1) is 21.0. The second-order valence-corrected chi connectivity index (χ2v) is 7.68. The topological polar surface area (TPSA) is 84.9 Å². The van der Waals surface area contributed by atoms with Crippen LogP contribution in [0.25, 0.3) is 0 Å². The zero-order valence-corrected chi connectivity index (χ0v) is 17.5. The number of nitrogens with zero attached hydrogens (tertiary/aromatic N) is 1. The van der Waals surface area contributed by atoms with E-state index in [0.29, 0.717) is 5.69 Å². The molecule has 8 heteroatoms. The van der Waals surface area contributed by atoms with Gasteiger partial charge in [-0.1, -0.05) is 0 Å². The lowest BCUT2D eigenvalue weighted by Gasteiger charge is -2.29. The van der Waals surface area contributed by atoms with Gasteiger partial charge in [0.15, 0.2) is 0 Å². The van der Waals surface area contributed by atoms with Crippen LogP contribution in [0.5, 0.6) is 0 Å². The third-order valence-electron chi connectivity index (χ3n) is 5.14. The maximum Gasteiger partial charge on any atom is 0.337 e. The molecular formula is C21H24N2O5S. The average molecular weight is 416 g/mol. The van der Waals surface area contributed by atoms with Crippen LogP contribution in [-0.2, 0) is 14.3 Å². The minimum absolute atomic E-state index is 0.163. The molecule has 0 unspecified atom stereocenters. The van der Waals surface area contributed by atoms with Crippen LogP contribution in [0.3, 0.4) is 0 Å². The molecule has 7 nitrogen and oxygen atoms in total. The number of ether oxygens (including phenoxy) is 2. The van der Waals surface area contributed by atoms with Crippen molar-refractivity contribution in [2.24, 2.45) is 0 Å². The molecule has 0 saturated carbocycles. The number of hydrogen-bond donors (Lipinski definition) is 1. The number of esters is 2. The SMILES string of the molecule is COC(=O)c1cc(NC(=O)[C@H](C)N2CCC[C@H]2c2ccsc2)cc(C(=O)OC)c1. The first-order valence-corrected chi connectivity index (χ1v) is 10.3. The lowest BCUT2D eigenvalue weighted by Crippen LogP contribution is -2.41. The smallest absolute Gasteiger partial charge is 0.337 e. The number of amides is 1. The molecule has 1 N–H and O–H groups in total. The van der Waals surface area contributed by atoms with Crippen LogP contribution in [0.15, 0.2) is 35.0 Å². The number of anilines is 1. The number of nitrogens with one attached hydrogen (secondary N) is 1. The maximum absolute atomic E-state index is 12.9. The van der Waals surface area contributed by atoms with Crippen LogP contribution in [-0.4, -0.2) is 49.6 Å². The summed E-state index contributed by atoms with van der Waals surface area (Å²) in [6, 6.07) is 6.30. The van der Waals surface area contributed by atoms with Gasteiger partial charge in [-0.25, -0.2) is 9.59 Å². The van der Waals surface area contributed by atoms with E-state index < -0.39 is 11.9 Å². The van der Waals surface area contributed by atoms with Crippen molar-refractivity contribution in [1.82, 2.24) is 4.90 Å². The predicted octanol–water partition coefficient (Wildman–Crippen LogP) is 3.49. The van der Waals surface area contributed by atoms with E-state index in [1.54, 1.807) is 11.3 Å². The van der Waals surface area contributed by atoms with Gasteiger partial charge in [-0.2, -0.15) is 11.3 Å². The number of thiophene rings is 1. The van der Waals surface area contributed by atoms with E-state index in [2.05, 4.69) is 21.7 Å². The second-order valence-electron chi connectivity index (χ2n) is 6.90. The Hall–Kier alpha value is -2.71. The molecule has 2 aromatic rings. The molecule has 0 spiro atoms. The molecule has 1 aromatic heterocycles. The fraction of sp³-hybridized carbons (Fsp3) is 0.381. The van der Waals surface area contributed by atoms with Crippen molar-refractivity contribution in [2.75, 3.05) is 26.1 Å². The van der Waals surface area contributed by atoms with Crippen molar-refractivity contribution in [1.29, 1.82) is 0 Å². The first-order valence-electron chi connectivity index (χ1n) is 9.35. The van der Waals surface area contributed by atoms with Crippen molar-refractivity contribution < 1.29 is 23.9 Å². The zero-order valence-electron chi connectivity index (χ0n) is 16.6. The monoisotopic (exact) mass is 416 g/mol. The van der Waals surface area contributed by atoms with Crippen molar-refractivity contribution in [3.63, 3.8) is 0 Å². The number of carbonyl (C=O) groups is 3. The van der Waals surface area contributed by atoms with Crippen molar-refractivity contribution in [3.8, 4) is 0 Å². The fourth-order valence-corrected chi connectivity index (χ4v) is 4.35. The highest BCUT2D eigenvalue weighted by Gasteiger charge is 2.33. The molecule has 29 heavy (non-hydrogen) atoms. The molecular weight excluding hydrogens is 392 g/mol. The Morgan fingerprint density at radius 2 is 1.79 bits per heavy atom. The number of likely N-dealkylation sites (tertiary alicyclic amines) is 1. The lowest BCUT2D eigenvalue weighted by molar-refractivity contribution is -0.121. The Morgan fingerprint density at radius 3 is 2.34 bits per heavy atom. The van der Waals surface area contributed by atoms with Crippen LogP contribution < -0.4 is 5.32 Å².